The SMILES string of the molecule is [2H]c1c([2H])c(NC(=O)Cc2csc(N)n2)c([2H])c([2H])c1CCCC([2H])([2H])[C@H](O)c1ccccc1. The number of amides is 1. The summed E-state index contributed by atoms with van der Waals surface area (Å²) in [4.78, 5) is 16.3. The van der Waals surface area contributed by atoms with Gasteiger partial charge in [-0.2, -0.15) is 0 Å². The Morgan fingerprint density at radius 2 is 2.00 bits per heavy atom. The molecule has 4 N–H and O–H groups in total. The zero-order valence-corrected chi connectivity index (χ0v) is 16.0. The number of benzene rings is 2. The van der Waals surface area contributed by atoms with Gasteiger partial charge in [0.05, 0.1) is 23.7 Å². The van der Waals surface area contributed by atoms with Crippen LogP contribution in [0.15, 0.2) is 59.9 Å². The van der Waals surface area contributed by atoms with Gasteiger partial charge in [-0.25, -0.2) is 4.98 Å². The first-order valence-electron chi connectivity index (χ1n) is 11.8. The monoisotopic (exact) mass is 401 g/mol. The quantitative estimate of drug-likeness (QED) is 0.497. The highest BCUT2D eigenvalue weighted by Gasteiger charge is 2.08. The van der Waals surface area contributed by atoms with Crippen molar-refractivity contribution in [3.8, 4) is 0 Å². The van der Waals surface area contributed by atoms with E-state index < -0.39 is 18.4 Å². The summed E-state index contributed by atoms with van der Waals surface area (Å²) in [6.07, 6.45) is -3.14. The van der Waals surface area contributed by atoms with Crippen LogP contribution in [0.25, 0.3) is 0 Å². The second-order valence-electron chi connectivity index (χ2n) is 6.13. The second-order valence-corrected chi connectivity index (χ2v) is 7.02. The van der Waals surface area contributed by atoms with Crippen molar-refractivity contribution < 1.29 is 18.1 Å². The average Bonchev–Trinajstić information content (AvgIpc) is 3.22. The summed E-state index contributed by atoms with van der Waals surface area (Å²) in [5, 5.41) is 14.8. The van der Waals surface area contributed by atoms with E-state index in [1.807, 2.05) is 0 Å². The average molecular weight is 402 g/mol. The number of aromatic nitrogens is 1. The predicted octanol–water partition coefficient (Wildman–Crippen LogP) is 4.35. The number of thiazole rings is 1. The molecule has 2 aromatic carbocycles. The molecular formula is C22H25N3O2S. The van der Waals surface area contributed by atoms with Crippen LogP contribution in [0.4, 0.5) is 10.8 Å². The molecule has 0 bridgehead atoms. The van der Waals surface area contributed by atoms with Gasteiger partial charge in [-0.05, 0) is 42.4 Å². The fraction of sp³-hybridized carbons (Fsp3) is 0.273. The number of aliphatic hydroxyl groups is 1. The fourth-order valence-electron chi connectivity index (χ4n) is 2.53. The number of nitrogens with one attached hydrogen (secondary N) is 1. The van der Waals surface area contributed by atoms with Gasteiger partial charge in [0.2, 0.25) is 5.91 Å². The summed E-state index contributed by atoms with van der Waals surface area (Å²) in [7, 11) is 0. The molecule has 1 atom stereocenters. The van der Waals surface area contributed by atoms with Crippen molar-refractivity contribution in [2.75, 3.05) is 11.1 Å². The third-order valence-corrected chi connectivity index (χ3v) is 4.63. The molecule has 0 saturated heterocycles. The van der Waals surface area contributed by atoms with Gasteiger partial charge in [0.25, 0.3) is 0 Å². The maximum atomic E-state index is 12.3. The molecule has 3 rings (SSSR count). The highest BCUT2D eigenvalue weighted by molar-refractivity contribution is 7.13. The fourth-order valence-corrected chi connectivity index (χ4v) is 3.10. The van der Waals surface area contributed by atoms with Gasteiger partial charge in [0.1, 0.15) is 0 Å². The molecule has 0 spiro atoms. The summed E-state index contributed by atoms with van der Waals surface area (Å²) < 4.78 is 49.5. The van der Waals surface area contributed by atoms with Crippen LogP contribution in [0.3, 0.4) is 0 Å². The van der Waals surface area contributed by atoms with Crippen molar-refractivity contribution in [2.24, 2.45) is 0 Å². The molecule has 5 nitrogen and oxygen atoms in total. The number of rotatable bonds is 9. The van der Waals surface area contributed by atoms with E-state index in [1.165, 1.54) is 11.3 Å². The molecule has 0 saturated carbocycles. The summed E-state index contributed by atoms with van der Waals surface area (Å²) in [6.45, 7) is 0. The first-order chi connectivity index (χ1) is 16.0. The van der Waals surface area contributed by atoms with E-state index in [1.54, 1.807) is 35.7 Å². The number of hydrogen-bond acceptors (Lipinski definition) is 5. The first kappa shape index (κ1) is 13.5. The lowest BCUT2D eigenvalue weighted by atomic mass is 10.0. The van der Waals surface area contributed by atoms with Crippen LogP contribution >= 0.6 is 11.3 Å². The summed E-state index contributed by atoms with van der Waals surface area (Å²) in [5.74, 6) is -0.540. The molecule has 0 aliphatic rings. The van der Waals surface area contributed by atoms with Gasteiger partial charge in [0, 0.05) is 13.8 Å². The van der Waals surface area contributed by atoms with Crippen LogP contribution in [0.5, 0.6) is 0 Å². The Kier molecular flexibility index (Phi) is 4.82. The smallest absolute Gasteiger partial charge is 0.230 e. The lowest BCUT2D eigenvalue weighted by Crippen LogP contribution is -2.14. The normalized spacial score (nSPS) is 15.5. The Labute approximate surface area is 177 Å². The Morgan fingerprint density at radius 3 is 2.68 bits per heavy atom. The Balaban J connectivity index is 1.70. The highest BCUT2D eigenvalue weighted by atomic mass is 32.1. The summed E-state index contributed by atoms with van der Waals surface area (Å²) in [6, 6.07) is 7.13. The Morgan fingerprint density at radius 1 is 1.25 bits per heavy atom. The highest BCUT2D eigenvalue weighted by Crippen LogP contribution is 2.20. The molecule has 0 aliphatic carbocycles. The molecule has 6 heteroatoms. The molecule has 0 unspecified atom stereocenters. The molecule has 0 aliphatic heterocycles. The van der Waals surface area contributed by atoms with Crippen molar-refractivity contribution in [1.29, 1.82) is 0 Å². The first-order valence-corrected chi connectivity index (χ1v) is 9.71. The minimum absolute atomic E-state index is 0.0438. The third kappa shape index (κ3) is 6.18. The van der Waals surface area contributed by atoms with Crippen LogP contribution in [-0.2, 0) is 17.6 Å². The van der Waals surface area contributed by atoms with Gasteiger partial charge < -0.3 is 16.2 Å². The van der Waals surface area contributed by atoms with E-state index in [-0.39, 0.29) is 61.1 Å². The van der Waals surface area contributed by atoms with Crippen LogP contribution in [0, 0.1) is 0 Å². The standard InChI is InChI=1S/C22H25N3O2S/c23-22-25-19(15-28-22)14-21(27)24-18-12-10-16(11-13-18)6-4-5-9-20(26)17-7-2-1-3-8-17/h1-3,7-8,10-13,15,20,26H,4-6,9,14H2,(H2,23,25)(H,24,27)/t20-/m0/s1/i9D2,10D,11D,12D,13D. The summed E-state index contributed by atoms with van der Waals surface area (Å²) >= 11 is 1.19. The van der Waals surface area contributed by atoms with Crippen molar-refractivity contribution in [1.82, 2.24) is 4.98 Å². The van der Waals surface area contributed by atoms with Crippen molar-refractivity contribution in [3.05, 3.63) is 76.7 Å². The number of hydrogen-bond donors (Lipinski definition) is 3. The Bertz CT molecular complexity index is 1140. The van der Waals surface area contributed by atoms with Gasteiger partial charge in [-0.1, -0.05) is 48.8 Å². The van der Waals surface area contributed by atoms with Gasteiger partial charge in [0.15, 0.2) is 5.13 Å². The number of nitrogens with zero attached hydrogens (tertiary/aromatic N) is 1. The van der Waals surface area contributed by atoms with E-state index in [4.69, 9.17) is 14.0 Å². The molecule has 28 heavy (non-hydrogen) atoms. The molecule has 1 heterocycles. The number of nitrogen functional groups attached to an aromatic ring is 1. The molecule has 1 amide bonds. The summed E-state index contributed by atoms with van der Waals surface area (Å²) in [5.41, 5.74) is 6.36. The number of carbonyl (C=O) groups is 1. The number of carbonyl (C=O) groups excluding carboxylic acids is 1. The predicted molar refractivity (Wildman–Crippen MR) is 114 cm³/mol. The molecular weight excluding hydrogens is 370 g/mol. The van der Waals surface area contributed by atoms with E-state index >= 15 is 0 Å². The maximum absolute atomic E-state index is 12.3. The van der Waals surface area contributed by atoms with Crippen molar-refractivity contribution in [2.45, 2.75) is 38.2 Å². The minimum Gasteiger partial charge on any atom is -0.388 e. The molecule has 0 fully saturated rings. The maximum Gasteiger partial charge on any atom is 0.230 e. The third-order valence-electron chi connectivity index (χ3n) is 3.91. The van der Waals surface area contributed by atoms with Crippen LogP contribution in [-0.4, -0.2) is 16.0 Å². The van der Waals surface area contributed by atoms with Gasteiger partial charge in [-0.3, -0.25) is 4.79 Å². The van der Waals surface area contributed by atoms with Crippen LogP contribution in [0.2, 0.25) is 0 Å². The molecule has 1 aromatic heterocycles. The number of anilines is 2. The van der Waals surface area contributed by atoms with Gasteiger partial charge in [-0.15, -0.1) is 11.3 Å². The van der Waals surface area contributed by atoms with Crippen molar-refractivity contribution in [3.63, 3.8) is 0 Å². The zero-order chi connectivity index (χ0) is 25.0. The van der Waals surface area contributed by atoms with Gasteiger partial charge >= 0.3 is 0 Å². The molecule has 146 valence electrons. The van der Waals surface area contributed by atoms with E-state index in [2.05, 4.69) is 10.3 Å². The van der Waals surface area contributed by atoms with Crippen LogP contribution in [0.1, 0.15) is 50.4 Å². The van der Waals surface area contributed by atoms with E-state index in [9.17, 15) is 9.90 Å². The Hall–Kier alpha value is -2.70. The van der Waals surface area contributed by atoms with Crippen molar-refractivity contribution >= 4 is 28.1 Å². The minimum atomic E-state index is -1.94. The number of nitrogens with two attached hydrogens (primary N) is 1. The van der Waals surface area contributed by atoms with E-state index in [0.29, 0.717) is 16.4 Å². The lowest BCUT2D eigenvalue weighted by Gasteiger charge is -2.10. The topological polar surface area (TPSA) is 88.2 Å². The molecule has 3 aromatic rings. The molecule has 0 radical (unpaired) electrons. The second kappa shape index (κ2) is 10.0. The lowest BCUT2D eigenvalue weighted by molar-refractivity contribution is -0.115. The van der Waals surface area contributed by atoms with E-state index in [0.717, 1.165) is 0 Å². The largest absolute Gasteiger partial charge is 0.388 e. The van der Waals surface area contributed by atoms with Crippen LogP contribution < -0.4 is 11.1 Å². The zero-order valence-electron chi connectivity index (χ0n) is 21.2. The number of aliphatic hydroxyl groups excluding tert-OH is 1.